The molecule has 1 fully saturated rings. The first kappa shape index (κ1) is 17.8. The van der Waals surface area contributed by atoms with Gasteiger partial charge in [0.1, 0.15) is 11.9 Å². The maximum Gasteiger partial charge on any atom is 0.317 e. The van der Waals surface area contributed by atoms with Crippen LogP contribution in [0.3, 0.4) is 0 Å². The fraction of sp³-hybridized carbons (Fsp3) is 0.381. The minimum absolute atomic E-state index is 0.0459. The fourth-order valence-electron chi connectivity index (χ4n) is 3.60. The van der Waals surface area contributed by atoms with Crippen LogP contribution in [0.15, 0.2) is 42.5 Å². The van der Waals surface area contributed by atoms with Crippen molar-refractivity contribution in [3.05, 3.63) is 64.7 Å². The second kappa shape index (κ2) is 7.98. The van der Waals surface area contributed by atoms with Gasteiger partial charge in [0.25, 0.3) is 0 Å². The molecule has 2 aliphatic rings. The quantitative estimate of drug-likeness (QED) is 0.872. The number of hydrogen-bond acceptors (Lipinski definition) is 4. The molecular formula is C21H25N3O3. The van der Waals surface area contributed by atoms with E-state index in [1.165, 1.54) is 11.1 Å². The fourth-order valence-corrected chi connectivity index (χ4v) is 3.60. The lowest BCUT2D eigenvalue weighted by Gasteiger charge is -2.33. The largest absolute Gasteiger partial charge is 0.497 e. The first-order valence-corrected chi connectivity index (χ1v) is 9.32. The number of urea groups is 1. The van der Waals surface area contributed by atoms with Crippen molar-refractivity contribution in [2.24, 2.45) is 0 Å². The van der Waals surface area contributed by atoms with Crippen molar-refractivity contribution < 1.29 is 14.3 Å². The minimum atomic E-state index is -0.110. The molecule has 0 aromatic heterocycles. The number of ether oxygens (including phenoxy) is 2. The van der Waals surface area contributed by atoms with Gasteiger partial charge in [-0.3, -0.25) is 0 Å². The van der Waals surface area contributed by atoms with E-state index in [2.05, 4.69) is 28.8 Å². The zero-order valence-corrected chi connectivity index (χ0v) is 15.5. The molecular weight excluding hydrogens is 342 g/mol. The molecule has 6 heteroatoms. The number of rotatable bonds is 4. The number of carbonyl (C=O) groups excluding carboxylic acids is 1. The van der Waals surface area contributed by atoms with Gasteiger partial charge in [0.2, 0.25) is 0 Å². The predicted molar refractivity (Wildman–Crippen MR) is 102 cm³/mol. The third kappa shape index (κ3) is 4.07. The molecule has 27 heavy (non-hydrogen) atoms. The summed E-state index contributed by atoms with van der Waals surface area (Å²) in [6, 6.07) is 14.2. The van der Waals surface area contributed by atoms with E-state index in [-0.39, 0.29) is 12.1 Å². The van der Waals surface area contributed by atoms with Crippen LogP contribution in [0, 0.1) is 0 Å². The highest BCUT2D eigenvalue weighted by atomic mass is 16.5. The zero-order chi connectivity index (χ0) is 18.6. The van der Waals surface area contributed by atoms with E-state index in [1.54, 1.807) is 7.11 Å². The number of carbonyl (C=O) groups is 1. The Labute approximate surface area is 159 Å². The Bertz CT molecular complexity index is 807. The van der Waals surface area contributed by atoms with Crippen LogP contribution in [0.5, 0.6) is 5.75 Å². The summed E-state index contributed by atoms with van der Waals surface area (Å²) in [4.78, 5) is 14.4. The molecule has 2 aliphatic heterocycles. The monoisotopic (exact) mass is 367 g/mol. The molecule has 1 unspecified atom stereocenters. The van der Waals surface area contributed by atoms with Crippen molar-refractivity contribution in [2.75, 3.05) is 26.8 Å². The van der Waals surface area contributed by atoms with Gasteiger partial charge < -0.3 is 25.0 Å². The number of nitrogens with zero attached hydrogens (tertiary/aromatic N) is 1. The summed E-state index contributed by atoms with van der Waals surface area (Å²) in [5.74, 6) is 0.814. The first-order chi connectivity index (χ1) is 13.2. The van der Waals surface area contributed by atoms with Crippen LogP contribution >= 0.6 is 0 Å². The van der Waals surface area contributed by atoms with Crippen LogP contribution in [-0.2, 0) is 24.4 Å². The van der Waals surface area contributed by atoms with Crippen LogP contribution in [-0.4, -0.2) is 37.7 Å². The summed E-state index contributed by atoms with van der Waals surface area (Å²) < 4.78 is 11.1. The van der Waals surface area contributed by atoms with Crippen molar-refractivity contribution in [3.8, 4) is 5.75 Å². The van der Waals surface area contributed by atoms with Gasteiger partial charge in [-0.1, -0.05) is 30.3 Å². The van der Waals surface area contributed by atoms with E-state index in [9.17, 15) is 4.79 Å². The lowest BCUT2D eigenvalue weighted by molar-refractivity contribution is -0.0155. The van der Waals surface area contributed by atoms with Gasteiger partial charge in [-0.05, 0) is 34.4 Å². The summed E-state index contributed by atoms with van der Waals surface area (Å²) >= 11 is 0. The van der Waals surface area contributed by atoms with Gasteiger partial charge in [0.15, 0.2) is 0 Å². The Balaban J connectivity index is 1.34. The van der Waals surface area contributed by atoms with Crippen LogP contribution in [0.4, 0.5) is 4.79 Å². The Hall–Kier alpha value is -2.57. The summed E-state index contributed by atoms with van der Waals surface area (Å²) in [7, 11) is 1.65. The van der Waals surface area contributed by atoms with E-state index in [4.69, 9.17) is 9.47 Å². The molecule has 2 heterocycles. The average Bonchev–Trinajstić information content (AvgIpc) is 3.20. The highest BCUT2D eigenvalue weighted by Crippen LogP contribution is 2.24. The Morgan fingerprint density at radius 1 is 1.22 bits per heavy atom. The standard InChI is InChI=1S/C21H25N3O3/c1-26-19-6-4-16(5-7-19)20-14-24(8-9-27-20)21(25)23-11-15-2-3-17-12-22-13-18(17)10-15/h2-7,10,20,22H,8-9,11-14H2,1H3,(H,23,25). The highest BCUT2D eigenvalue weighted by molar-refractivity contribution is 5.74. The van der Waals surface area contributed by atoms with Crippen LogP contribution in [0.2, 0.25) is 0 Å². The number of fused-ring (bicyclic) bond motifs is 1. The van der Waals surface area contributed by atoms with E-state index in [0.717, 1.165) is 30.0 Å². The Morgan fingerprint density at radius 2 is 2.04 bits per heavy atom. The number of hydrogen-bond donors (Lipinski definition) is 2. The van der Waals surface area contributed by atoms with Crippen molar-refractivity contribution in [3.63, 3.8) is 0 Å². The minimum Gasteiger partial charge on any atom is -0.497 e. The predicted octanol–water partition coefficient (Wildman–Crippen LogP) is 2.58. The van der Waals surface area contributed by atoms with E-state index in [0.29, 0.717) is 26.2 Å². The number of amides is 2. The summed E-state index contributed by atoms with van der Waals surface area (Å²) in [5, 5.41) is 6.38. The topological polar surface area (TPSA) is 62.8 Å². The van der Waals surface area contributed by atoms with Gasteiger partial charge in [0, 0.05) is 26.2 Å². The third-order valence-corrected chi connectivity index (χ3v) is 5.19. The molecule has 2 aromatic rings. The second-order valence-electron chi connectivity index (χ2n) is 6.94. The molecule has 4 rings (SSSR count). The molecule has 142 valence electrons. The molecule has 0 radical (unpaired) electrons. The molecule has 2 amide bonds. The van der Waals surface area contributed by atoms with Crippen LogP contribution in [0.25, 0.3) is 0 Å². The smallest absolute Gasteiger partial charge is 0.317 e. The molecule has 0 aliphatic carbocycles. The number of nitrogens with one attached hydrogen (secondary N) is 2. The molecule has 0 bridgehead atoms. The first-order valence-electron chi connectivity index (χ1n) is 9.32. The lowest BCUT2D eigenvalue weighted by Crippen LogP contribution is -2.46. The van der Waals surface area contributed by atoms with Crippen molar-refractivity contribution >= 4 is 6.03 Å². The Morgan fingerprint density at radius 3 is 2.85 bits per heavy atom. The lowest BCUT2D eigenvalue weighted by atomic mass is 10.1. The SMILES string of the molecule is COc1ccc(C2CN(C(=O)NCc3ccc4c(c3)CNC4)CCO2)cc1. The maximum atomic E-state index is 12.6. The molecule has 6 nitrogen and oxygen atoms in total. The van der Waals surface area contributed by atoms with Gasteiger partial charge >= 0.3 is 6.03 Å². The van der Waals surface area contributed by atoms with Crippen molar-refractivity contribution in [2.45, 2.75) is 25.7 Å². The molecule has 0 spiro atoms. The maximum absolute atomic E-state index is 12.6. The van der Waals surface area contributed by atoms with Gasteiger partial charge in [-0.2, -0.15) is 0 Å². The Kier molecular flexibility index (Phi) is 5.27. The van der Waals surface area contributed by atoms with E-state index < -0.39 is 0 Å². The molecule has 1 saturated heterocycles. The summed E-state index contributed by atoms with van der Waals surface area (Å²) in [6.07, 6.45) is -0.110. The van der Waals surface area contributed by atoms with E-state index in [1.807, 2.05) is 29.2 Å². The highest BCUT2D eigenvalue weighted by Gasteiger charge is 2.25. The third-order valence-electron chi connectivity index (χ3n) is 5.19. The van der Waals surface area contributed by atoms with E-state index >= 15 is 0 Å². The average molecular weight is 367 g/mol. The number of methoxy groups -OCH3 is 1. The summed E-state index contributed by atoms with van der Waals surface area (Å²) in [6.45, 7) is 4.07. The van der Waals surface area contributed by atoms with Crippen LogP contribution < -0.4 is 15.4 Å². The molecule has 1 atom stereocenters. The molecule has 0 saturated carbocycles. The van der Waals surface area contributed by atoms with Crippen LogP contribution in [0.1, 0.15) is 28.4 Å². The summed E-state index contributed by atoms with van der Waals surface area (Å²) in [5.41, 5.74) is 4.86. The van der Waals surface area contributed by atoms with Gasteiger partial charge in [0.05, 0.1) is 20.3 Å². The molecule has 2 aromatic carbocycles. The zero-order valence-electron chi connectivity index (χ0n) is 15.5. The van der Waals surface area contributed by atoms with Crippen molar-refractivity contribution in [1.82, 2.24) is 15.5 Å². The normalized spacial score (nSPS) is 18.9. The van der Waals surface area contributed by atoms with Gasteiger partial charge in [-0.15, -0.1) is 0 Å². The molecule has 2 N–H and O–H groups in total. The number of morpholine rings is 1. The second-order valence-corrected chi connectivity index (χ2v) is 6.94. The van der Waals surface area contributed by atoms with Crippen molar-refractivity contribution in [1.29, 1.82) is 0 Å². The number of benzene rings is 2. The van der Waals surface area contributed by atoms with Gasteiger partial charge in [-0.25, -0.2) is 4.79 Å².